The van der Waals surface area contributed by atoms with E-state index >= 15 is 0 Å². The summed E-state index contributed by atoms with van der Waals surface area (Å²) >= 11 is 0. The second-order valence-corrected chi connectivity index (χ2v) is 10.6. The highest BCUT2D eigenvalue weighted by atomic mass is 16.6. The molecule has 0 amide bonds. The molecule has 34 heavy (non-hydrogen) atoms. The number of anilines is 3. The Morgan fingerprint density at radius 1 is 0.735 bits per heavy atom. The maximum atomic E-state index is 6.23. The molecule has 0 saturated heterocycles. The Labute approximate surface area is 203 Å². The number of fused-ring (bicyclic) bond motifs is 3. The van der Waals surface area contributed by atoms with Crippen molar-refractivity contribution in [3.63, 3.8) is 0 Å². The van der Waals surface area contributed by atoms with Crippen molar-refractivity contribution < 1.29 is 9.31 Å². The van der Waals surface area contributed by atoms with E-state index in [0.717, 1.165) is 11.2 Å². The Kier molecular flexibility index (Phi) is 5.54. The Hall–Kier alpha value is -3.08. The van der Waals surface area contributed by atoms with Gasteiger partial charge < -0.3 is 14.2 Å². The van der Waals surface area contributed by atoms with Crippen molar-refractivity contribution in [2.24, 2.45) is 0 Å². The molecule has 1 aliphatic rings. The highest BCUT2D eigenvalue weighted by Gasteiger charge is 2.38. The molecule has 0 radical (unpaired) electrons. The van der Waals surface area contributed by atoms with Crippen LogP contribution in [0.2, 0.25) is 0 Å². The Balaban J connectivity index is 1.70. The minimum Gasteiger partial charge on any atom is -0.410 e. The third-order valence-corrected chi connectivity index (χ3v) is 6.69. The van der Waals surface area contributed by atoms with Gasteiger partial charge >= 0.3 is 7.12 Å². The molecule has 4 heteroatoms. The lowest BCUT2D eigenvalue weighted by Gasteiger charge is -2.42. The summed E-state index contributed by atoms with van der Waals surface area (Å²) in [6.45, 7) is 10.8. The van der Waals surface area contributed by atoms with Crippen LogP contribution in [0.1, 0.15) is 45.7 Å². The summed E-state index contributed by atoms with van der Waals surface area (Å²) in [5.41, 5.74) is 6.68. The summed E-state index contributed by atoms with van der Waals surface area (Å²) in [6, 6.07) is 30.6. The van der Waals surface area contributed by atoms with E-state index in [-0.39, 0.29) is 11.0 Å². The number of nitrogens with zero attached hydrogens (tertiary/aromatic N) is 1. The van der Waals surface area contributed by atoms with Crippen molar-refractivity contribution in [2.45, 2.75) is 45.6 Å². The molecule has 0 atom stereocenters. The number of benzene rings is 4. The average molecular weight is 449 g/mol. The zero-order valence-electron chi connectivity index (χ0n) is 20.9. The van der Waals surface area contributed by atoms with Crippen LogP contribution >= 0.6 is 0 Å². The monoisotopic (exact) mass is 449 g/mol. The molecular weight excluding hydrogens is 417 g/mol. The summed E-state index contributed by atoms with van der Waals surface area (Å²) < 4.78 is 12.0. The third-order valence-electron chi connectivity index (χ3n) is 6.69. The van der Waals surface area contributed by atoms with E-state index in [4.69, 9.17) is 9.31 Å². The lowest BCUT2D eigenvalue weighted by atomic mass is 9.69. The average Bonchev–Trinajstić information content (AvgIpc) is 2.82. The van der Waals surface area contributed by atoms with E-state index in [2.05, 4.69) is 124 Å². The first kappa shape index (κ1) is 22.7. The largest absolute Gasteiger partial charge is 0.494 e. The van der Waals surface area contributed by atoms with Gasteiger partial charge in [0.2, 0.25) is 0 Å². The van der Waals surface area contributed by atoms with Crippen LogP contribution in [0.25, 0.3) is 10.8 Å². The lowest BCUT2D eigenvalue weighted by Crippen LogP contribution is -2.43. The van der Waals surface area contributed by atoms with Crippen molar-refractivity contribution in [3.05, 3.63) is 96.1 Å². The van der Waals surface area contributed by atoms with Gasteiger partial charge in [0.05, 0.1) is 11.4 Å². The summed E-state index contributed by atoms with van der Waals surface area (Å²) in [4.78, 5) is 2.39. The molecule has 3 nitrogen and oxygen atoms in total. The highest BCUT2D eigenvalue weighted by Crippen LogP contribution is 2.51. The van der Waals surface area contributed by atoms with Gasteiger partial charge in [-0.05, 0) is 72.4 Å². The fourth-order valence-corrected chi connectivity index (χ4v) is 5.04. The predicted octanol–water partition coefficient (Wildman–Crippen LogP) is 7.11. The van der Waals surface area contributed by atoms with Crippen molar-refractivity contribution in [2.75, 3.05) is 12.0 Å². The van der Waals surface area contributed by atoms with Crippen LogP contribution in [0.3, 0.4) is 0 Å². The summed E-state index contributed by atoms with van der Waals surface area (Å²) in [6.07, 6.45) is 0. The molecule has 0 N–H and O–H groups in total. The van der Waals surface area contributed by atoms with Gasteiger partial charge in [-0.1, -0.05) is 74.5 Å². The van der Waals surface area contributed by atoms with Crippen molar-refractivity contribution in [1.82, 2.24) is 0 Å². The molecular formula is C30H32BNO2. The van der Waals surface area contributed by atoms with E-state index in [1.807, 2.05) is 0 Å². The summed E-state index contributed by atoms with van der Waals surface area (Å²) in [5.74, 6) is 0. The molecule has 4 aromatic carbocycles. The van der Waals surface area contributed by atoms with Gasteiger partial charge in [-0.15, -0.1) is 0 Å². The molecule has 5 rings (SSSR count). The van der Waals surface area contributed by atoms with Gasteiger partial charge in [0.25, 0.3) is 0 Å². The maximum absolute atomic E-state index is 6.23. The van der Waals surface area contributed by atoms with E-state index < -0.39 is 7.12 Å². The quantitative estimate of drug-likeness (QED) is 0.310. The number of hydrogen-bond acceptors (Lipinski definition) is 3. The van der Waals surface area contributed by atoms with Gasteiger partial charge in [-0.2, -0.15) is 0 Å². The fraction of sp³-hybridized carbons (Fsp3) is 0.267. The van der Waals surface area contributed by atoms with Gasteiger partial charge in [0.1, 0.15) is 0 Å². The SMILES string of the molecule is COB(OC(C)(C)C)c1ccc2c(c1)C(C)(C)c1ccccc1N2c1ccc2ccccc2c1. The van der Waals surface area contributed by atoms with Gasteiger partial charge in [0, 0.05) is 23.8 Å². The van der Waals surface area contributed by atoms with Crippen LogP contribution in [0, 0.1) is 0 Å². The van der Waals surface area contributed by atoms with Crippen LogP contribution in [0.4, 0.5) is 17.1 Å². The topological polar surface area (TPSA) is 21.7 Å². The maximum Gasteiger partial charge on any atom is 0.494 e. The molecule has 0 fully saturated rings. The van der Waals surface area contributed by atoms with E-state index in [1.165, 1.54) is 33.3 Å². The Morgan fingerprint density at radius 3 is 2.15 bits per heavy atom. The molecule has 0 aromatic heterocycles. The standard InChI is InChI=1S/C30H32BNO2/c1-29(2,3)34-31(33-6)23-16-18-28-26(20-23)30(4,5)25-13-9-10-14-27(25)32(28)24-17-15-21-11-7-8-12-22(21)19-24/h7-20H,1-6H3. The number of rotatable bonds is 4. The summed E-state index contributed by atoms with van der Waals surface area (Å²) in [7, 11) is 1.28. The first-order valence-electron chi connectivity index (χ1n) is 11.9. The van der Waals surface area contributed by atoms with Crippen LogP contribution in [0.15, 0.2) is 84.9 Å². The van der Waals surface area contributed by atoms with Crippen LogP contribution < -0.4 is 10.4 Å². The van der Waals surface area contributed by atoms with Gasteiger partial charge in [-0.25, -0.2) is 0 Å². The van der Waals surface area contributed by atoms with E-state index in [0.29, 0.717) is 0 Å². The Morgan fingerprint density at radius 2 is 1.41 bits per heavy atom. The normalized spacial score (nSPS) is 14.6. The molecule has 0 saturated carbocycles. The minimum absolute atomic E-state index is 0.171. The minimum atomic E-state index is -0.424. The molecule has 0 aliphatic carbocycles. The van der Waals surface area contributed by atoms with Gasteiger partial charge in [-0.3, -0.25) is 0 Å². The molecule has 1 heterocycles. The fourth-order valence-electron chi connectivity index (χ4n) is 5.04. The molecule has 0 bridgehead atoms. The lowest BCUT2D eigenvalue weighted by molar-refractivity contribution is 0.0982. The first-order chi connectivity index (χ1) is 16.2. The Bertz CT molecular complexity index is 1360. The molecule has 4 aromatic rings. The van der Waals surface area contributed by atoms with Crippen molar-refractivity contribution in [3.8, 4) is 0 Å². The zero-order valence-corrected chi connectivity index (χ0v) is 20.9. The van der Waals surface area contributed by atoms with Crippen molar-refractivity contribution >= 4 is 40.4 Å². The highest BCUT2D eigenvalue weighted by molar-refractivity contribution is 6.61. The third kappa shape index (κ3) is 3.91. The van der Waals surface area contributed by atoms with Crippen LogP contribution in [0.5, 0.6) is 0 Å². The second-order valence-electron chi connectivity index (χ2n) is 10.6. The van der Waals surface area contributed by atoms with Crippen LogP contribution in [-0.4, -0.2) is 19.8 Å². The first-order valence-corrected chi connectivity index (χ1v) is 11.9. The van der Waals surface area contributed by atoms with E-state index in [1.54, 1.807) is 7.11 Å². The van der Waals surface area contributed by atoms with Gasteiger partial charge in [0.15, 0.2) is 0 Å². The predicted molar refractivity (Wildman–Crippen MR) is 144 cm³/mol. The summed E-state index contributed by atoms with van der Waals surface area (Å²) in [5, 5.41) is 2.48. The van der Waals surface area contributed by atoms with Crippen molar-refractivity contribution in [1.29, 1.82) is 0 Å². The van der Waals surface area contributed by atoms with Crippen LogP contribution in [-0.2, 0) is 14.7 Å². The molecule has 0 spiro atoms. The number of hydrogen-bond donors (Lipinski definition) is 0. The molecule has 0 unspecified atom stereocenters. The smallest absolute Gasteiger partial charge is 0.410 e. The molecule has 172 valence electrons. The molecule has 1 aliphatic heterocycles. The number of para-hydroxylation sites is 1. The zero-order chi connectivity index (χ0) is 24.1. The van der Waals surface area contributed by atoms with E-state index in [9.17, 15) is 0 Å². The second kappa shape index (κ2) is 8.30.